The molecule has 1 saturated carbocycles. The molecule has 0 unspecified atom stereocenters. The van der Waals surface area contributed by atoms with E-state index in [-0.39, 0.29) is 0 Å². The third-order valence-corrected chi connectivity index (χ3v) is 6.76. The van der Waals surface area contributed by atoms with Gasteiger partial charge in [-0.25, -0.2) is 0 Å². The molecule has 0 atom stereocenters. The molecule has 0 aliphatic heterocycles. The molecule has 1 aliphatic rings. The average molecular weight is 385 g/mol. The fourth-order valence-electron chi connectivity index (χ4n) is 3.87. The van der Waals surface area contributed by atoms with Crippen LogP contribution in [0.5, 0.6) is 0 Å². The first kappa shape index (κ1) is 17.5. The number of hydrogen-bond acceptors (Lipinski definition) is 2. The predicted molar refractivity (Wildman–Crippen MR) is 111 cm³/mol. The summed E-state index contributed by atoms with van der Waals surface area (Å²) in [6.07, 6.45) is 3.82. The van der Waals surface area contributed by atoms with Crippen LogP contribution in [-0.2, 0) is 7.05 Å². The topological polar surface area (TPSA) is 46.5 Å². The molecule has 1 aliphatic carbocycles. The molecule has 1 fully saturated rings. The van der Waals surface area contributed by atoms with Crippen molar-refractivity contribution < 1.29 is 0 Å². The molecule has 2 heterocycles. The Morgan fingerprint density at radius 1 is 1.19 bits per heavy atom. The molecule has 2 aromatic carbocycles. The molecule has 5 rings (SSSR count). The third kappa shape index (κ3) is 3.05. The summed E-state index contributed by atoms with van der Waals surface area (Å²) in [6, 6.07) is 14.5. The molecular weight excluding hydrogens is 367 g/mol. The van der Waals surface area contributed by atoms with E-state index in [1.54, 1.807) is 0 Å². The van der Waals surface area contributed by atoms with Gasteiger partial charge in [-0.15, -0.1) is 0 Å². The van der Waals surface area contributed by atoms with Gasteiger partial charge in [0.15, 0.2) is 0 Å². The van der Waals surface area contributed by atoms with Crippen molar-refractivity contribution >= 4 is 53.4 Å². The molecule has 4 aromatic rings. The van der Waals surface area contributed by atoms with Gasteiger partial charge < -0.3 is 0 Å². The summed E-state index contributed by atoms with van der Waals surface area (Å²) in [5, 5.41) is 5.50. The first-order valence-electron chi connectivity index (χ1n) is 9.40. The van der Waals surface area contributed by atoms with E-state index >= 15 is 0 Å². The van der Waals surface area contributed by atoms with Crippen molar-refractivity contribution in [3.8, 4) is 22.6 Å². The van der Waals surface area contributed by atoms with Crippen LogP contribution in [0.25, 0.3) is 33.7 Å². The standard InChI is InChI=1S/C21H18ClN4.Na/c1-26-20(12-18(25-26)13-5-4-6-13)21-23-17-10-9-14(11-19(17)24-21)15-7-2-3-8-16(15)22;/h2-3,7-9,11-13H,4-6H2,1H3,(H,23,24);. The van der Waals surface area contributed by atoms with Crippen LogP contribution in [0.1, 0.15) is 30.9 Å². The minimum atomic E-state index is 0.621. The number of fused-ring (bicyclic) bond motifs is 1. The summed E-state index contributed by atoms with van der Waals surface area (Å²) in [5.41, 5.74) is 6.53. The number of nitrogens with zero attached hydrogens (tertiary/aromatic N) is 3. The Morgan fingerprint density at radius 2 is 2.00 bits per heavy atom. The van der Waals surface area contributed by atoms with Crippen LogP contribution < -0.4 is 2.81 Å². The molecule has 0 radical (unpaired) electrons. The monoisotopic (exact) mass is 384 g/mol. The fourth-order valence-corrected chi connectivity index (χ4v) is 4.81. The van der Waals surface area contributed by atoms with Gasteiger partial charge in [-0.3, -0.25) is 0 Å². The first-order chi connectivity index (χ1) is 13.1. The number of aromatic nitrogens is 4. The Hall–Kier alpha value is -1.59. The Kier molecular flexibility index (Phi) is 4.40. The SMILES string of the molecule is Cn1nc(C2CCC2)cc1-c1nc2cc(-c3ccccc3Cl)c[c]([Na])c2[nH]1. The normalized spacial score (nSPS) is 14.7. The summed E-state index contributed by atoms with van der Waals surface area (Å²) in [6.45, 7) is 0. The molecule has 2 aromatic heterocycles. The summed E-state index contributed by atoms with van der Waals surface area (Å²) in [5.74, 6) is 1.51. The maximum absolute atomic E-state index is 6.41. The Labute approximate surface area is 180 Å². The fraction of sp³-hybridized carbons (Fsp3) is 0.238. The zero-order chi connectivity index (χ0) is 18.5. The van der Waals surface area contributed by atoms with Gasteiger partial charge in [-0.05, 0) is 0 Å². The van der Waals surface area contributed by atoms with Gasteiger partial charge in [0.1, 0.15) is 0 Å². The van der Waals surface area contributed by atoms with Crippen molar-refractivity contribution in [1.29, 1.82) is 0 Å². The van der Waals surface area contributed by atoms with E-state index in [1.807, 2.05) is 29.9 Å². The molecule has 0 amide bonds. The minimum absolute atomic E-state index is 0.621. The van der Waals surface area contributed by atoms with E-state index in [4.69, 9.17) is 21.7 Å². The Balaban J connectivity index is 1.61. The number of hydrogen-bond donors (Lipinski definition) is 1. The van der Waals surface area contributed by atoms with Crippen LogP contribution in [0.15, 0.2) is 42.5 Å². The van der Waals surface area contributed by atoms with Crippen LogP contribution in [-0.4, -0.2) is 47.7 Å². The van der Waals surface area contributed by atoms with E-state index in [0.29, 0.717) is 5.92 Å². The summed E-state index contributed by atoms with van der Waals surface area (Å²) >= 11 is 7.34. The third-order valence-electron chi connectivity index (χ3n) is 5.64. The van der Waals surface area contributed by atoms with Crippen LogP contribution in [0.2, 0.25) is 5.02 Å². The van der Waals surface area contributed by atoms with E-state index in [2.05, 4.69) is 29.2 Å². The van der Waals surface area contributed by atoms with Crippen LogP contribution >= 0.6 is 11.6 Å². The second-order valence-electron chi connectivity index (χ2n) is 7.46. The Bertz CT molecular complexity index is 1160. The van der Waals surface area contributed by atoms with E-state index in [1.165, 1.54) is 27.8 Å². The van der Waals surface area contributed by atoms with Gasteiger partial charge in [0.25, 0.3) is 0 Å². The molecular formula is C21H18ClN4Na. The number of halogens is 1. The zero-order valence-electron chi connectivity index (χ0n) is 15.5. The molecule has 6 heteroatoms. The Morgan fingerprint density at radius 3 is 2.74 bits per heavy atom. The van der Waals surface area contributed by atoms with Gasteiger partial charge >= 0.3 is 181 Å². The van der Waals surface area contributed by atoms with Crippen molar-refractivity contribution in [1.82, 2.24) is 19.7 Å². The maximum atomic E-state index is 6.41. The van der Waals surface area contributed by atoms with E-state index in [0.717, 1.165) is 66.6 Å². The zero-order valence-corrected chi connectivity index (χ0v) is 18.2. The average Bonchev–Trinajstić information content (AvgIpc) is 3.17. The van der Waals surface area contributed by atoms with Gasteiger partial charge in [0.2, 0.25) is 0 Å². The van der Waals surface area contributed by atoms with E-state index < -0.39 is 0 Å². The molecule has 27 heavy (non-hydrogen) atoms. The van der Waals surface area contributed by atoms with Gasteiger partial charge in [0, 0.05) is 0 Å². The predicted octanol–water partition coefficient (Wildman–Crippen LogP) is 4.35. The molecule has 0 saturated heterocycles. The van der Waals surface area contributed by atoms with Crippen molar-refractivity contribution in [3.05, 3.63) is 53.2 Å². The van der Waals surface area contributed by atoms with Crippen molar-refractivity contribution in [3.63, 3.8) is 0 Å². The number of benzene rings is 2. The summed E-state index contributed by atoms with van der Waals surface area (Å²) in [7, 11) is 2.00. The van der Waals surface area contributed by atoms with E-state index in [9.17, 15) is 0 Å². The summed E-state index contributed by atoms with van der Waals surface area (Å²) in [4.78, 5) is 8.43. The number of H-pyrrole nitrogens is 1. The number of aryl methyl sites for hydroxylation is 1. The number of rotatable bonds is 3. The van der Waals surface area contributed by atoms with Gasteiger partial charge in [0.05, 0.1) is 0 Å². The quantitative estimate of drug-likeness (QED) is 0.534. The first-order valence-corrected chi connectivity index (χ1v) is 10.8. The van der Waals surface area contributed by atoms with Crippen molar-refractivity contribution in [2.45, 2.75) is 25.2 Å². The molecule has 0 bridgehead atoms. The van der Waals surface area contributed by atoms with Crippen molar-refractivity contribution in [2.24, 2.45) is 7.05 Å². The number of nitrogens with one attached hydrogen (secondary N) is 1. The van der Waals surface area contributed by atoms with Crippen molar-refractivity contribution in [2.75, 3.05) is 0 Å². The van der Waals surface area contributed by atoms with Crippen LogP contribution in [0.3, 0.4) is 0 Å². The molecule has 130 valence electrons. The van der Waals surface area contributed by atoms with Crippen LogP contribution in [0.4, 0.5) is 0 Å². The summed E-state index contributed by atoms with van der Waals surface area (Å²) < 4.78 is 3.25. The number of aromatic amines is 1. The number of imidazole rings is 1. The molecule has 4 nitrogen and oxygen atoms in total. The molecule has 0 spiro atoms. The molecule has 1 N–H and O–H groups in total. The van der Waals surface area contributed by atoms with Gasteiger partial charge in [-0.2, -0.15) is 0 Å². The van der Waals surface area contributed by atoms with Gasteiger partial charge in [-0.1, -0.05) is 0 Å². The second-order valence-corrected chi connectivity index (χ2v) is 8.94. The van der Waals surface area contributed by atoms with Crippen LogP contribution in [0, 0.1) is 0 Å². The second kappa shape index (κ2) is 6.78.